The summed E-state index contributed by atoms with van der Waals surface area (Å²) in [5, 5.41) is 6.52. The van der Waals surface area contributed by atoms with Gasteiger partial charge in [-0.15, -0.1) is 12.4 Å². The molecule has 1 rings (SSSR count). The lowest BCUT2D eigenvalue weighted by Gasteiger charge is -2.28. The Hall–Kier alpha value is -0.280. The maximum Gasteiger partial charge on any atom is 0.220 e. The zero-order chi connectivity index (χ0) is 11.1. The van der Waals surface area contributed by atoms with Gasteiger partial charge in [0.1, 0.15) is 0 Å². The van der Waals surface area contributed by atoms with Crippen LogP contribution >= 0.6 is 12.4 Å². The summed E-state index contributed by atoms with van der Waals surface area (Å²) in [4.78, 5) is 11.6. The Bertz CT molecular complexity index is 199. The Morgan fingerprint density at radius 3 is 2.81 bits per heavy atom. The van der Waals surface area contributed by atoms with E-state index in [2.05, 4.69) is 24.5 Å². The molecular weight excluding hydrogens is 224 g/mol. The van der Waals surface area contributed by atoms with Gasteiger partial charge < -0.3 is 10.6 Å². The van der Waals surface area contributed by atoms with Crippen molar-refractivity contribution in [2.75, 3.05) is 6.54 Å². The van der Waals surface area contributed by atoms with Gasteiger partial charge in [-0.05, 0) is 32.7 Å². The van der Waals surface area contributed by atoms with Crippen LogP contribution in [0.15, 0.2) is 0 Å². The molecule has 0 bridgehead atoms. The summed E-state index contributed by atoms with van der Waals surface area (Å²) in [5.41, 5.74) is 0. The fourth-order valence-electron chi connectivity index (χ4n) is 2.10. The maximum absolute atomic E-state index is 11.6. The molecule has 0 saturated carbocycles. The smallest absolute Gasteiger partial charge is 0.220 e. The Labute approximate surface area is 105 Å². The molecule has 3 nitrogen and oxygen atoms in total. The zero-order valence-electron chi connectivity index (χ0n) is 10.4. The van der Waals surface area contributed by atoms with Crippen molar-refractivity contribution in [2.45, 2.75) is 64.5 Å². The van der Waals surface area contributed by atoms with Gasteiger partial charge in [-0.1, -0.05) is 19.8 Å². The maximum atomic E-state index is 11.6. The van der Waals surface area contributed by atoms with Gasteiger partial charge in [0.15, 0.2) is 0 Å². The average molecular weight is 249 g/mol. The van der Waals surface area contributed by atoms with Crippen LogP contribution in [0.4, 0.5) is 0 Å². The predicted octanol–water partition coefficient (Wildman–Crippen LogP) is 2.25. The van der Waals surface area contributed by atoms with Crippen LogP contribution in [0.1, 0.15) is 52.4 Å². The van der Waals surface area contributed by atoms with E-state index in [0.29, 0.717) is 18.5 Å². The SMILES string of the molecule is CCCCCC(=O)NC1CCNC(C)C1.Cl. The van der Waals surface area contributed by atoms with Gasteiger partial charge in [0.05, 0.1) is 0 Å². The summed E-state index contributed by atoms with van der Waals surface area (Å²) in [6, 6.07) is 0.940. The van der Waals surface area contributed by atoms with Gasteiger partial charge in [-0.2, -0.15) is 0 Å². The topological polar surface area (TPSA) is 41.1 Å². The summed E-state index contributed by atoms with van der Waals surface area (Å²) in [5.74, 6) is 0.238. The first-order chi connectivity index (χ1) is 7.22. The second-order valence-corrected chi connectivity index (χ2v) is 4.60. The fraction of sp³-hybridized carbons (Fsp3) is 0.917. The minimum atomic E-state index is 0. The highest BCUT2D eigenvalue weighted by Gasteiger charge is 2.19. The lowest BCUT2D eigenvalue weighted by Crippen LogP contribution is -2.46. The van der Waals surface area contributed by atoms with Crippen LogP contribution in [0.25, 0.3) is 0 Å². The predicted molar refractivity (Wildman–Crippen MR) is 70.0 cm³/mol. The normalized spacial score (nSPS) is 24.6. The van der Waals surface area contributed by atoms with Crippen LogP contribution in [0.3, 0.4) is 0 Å². The third-order valence-electron chi connectivity index (χ3n) is 3.00. The minimum Gasteiger partial charge on any atom is -0.353 e. The van der Waals surface area contributed by atoms with Gasteiger partial charge >= 0.3 is 0 Å². The monoisotopic (exact) mass is 248 g/mol. The second-order valence-electron chi connectivity index (χ2n) is 4.60. The third-order valence-corrected chi connectivity index (χ3v) is 3.00. The van der Waals surface area contributed by atoms with Crippen LogP contribution in [0, 0.1) is 0 Å². The quantitative estimate of drug-likeness (QED) is 0.733. The van der Waals surface area contributed by atoms with Crippen molar-refractivity contribution < 1.29 is 4.79 Å². The van der Waals surface area contributed by atoms with E-state index in [9.17, 15) is 4.79 Å². The van der Waals surface area contributed by atoms with Crippen LogP contribution in [-0.4, -0.2) is 24.5 Å². The Morgan fingerprint density at radius 2 is 2.19 bits per heavy atom. The standard InChI is InChI=1S/C12H24N2O.ClH/c1-3-4-5-6-12(15)14-11-7-8-13-10(2)9-11;/h10-11,13H,3-9H2,1-2H3,(H,14,15);1H. The molecular formula is C12H25ClN2O. The number of halogens is 1. The first kappa shape index (κ1) is 15.7. The molecule has 2 N–H and O–H groups in total. The van der Waals surface area contributed by atoms with Crippen molar-refractivity contribution in [1.82, 2.24) is 10.6 Å². The first-order valence-corrected chi connectivity index (χ1v) is 6.25. The number of piperidine rings is 1. The van der Waals surface area contributed by atoms with E-state index in [1.54, 1.807) is 0 Å². The summed E-state index contributed by atoms with van der Waals surface area (Å²) in [6.07, 6.45) is 6.21. The van der Waals surface area contributed by atoms with Crippen LogP contribution < -0.4 is 10.6 Å². The average Bonchev–Trinajstić information content (AvgIpc) is 2.18. The summed E-state index contributed by atoms with van der Waals surface area (Å²) in [7, 11) is 0. The third kappa shape index (κ3) is 6.33. The molecule has 0 aromatic rings. The molecule has 4 heteroatoms. The number of unbranched alkanes of at least 4 members (excludes halogenated alkanes) is 2. The van der Waals surface area contributed by atoms with E-state index in [1.807, 2.05) is 0 Å². The molecule has 1 heterocycles. The molecule has 16 heavy (non-hydrogen) atoms. The number of hydrogen-bond acceptors (Lipinski definition) is 2. The summed E-state index contributed by atoms with van der Waals surface area (Å²) < 4.78 is 0. The molecule has 1 aliphatic rings. The van der Waals surface area contributed by atoms with Crippen LogP contribution in [-0.2, 0) is 4.79 Å². The highest BCUT2D eigenvalue weighted by Crippen LogP contribution is 2.08. The summed E-state index contributed by atoms with van der Waals surface area (Å²) >= 11 is 0. The molecule has 0 spiro atoms. The van der Waals surface area contributed by atoms with Crippen molar-refractivity contribution in [3.63, 3.8) is 0 Å². The van der Waals surface area contributed by atoms with Gasteiger partial charge in [0.2, 0.25) is 5.91 Å². The molecule has 96 valence electrons. The Morgan fingerprint density at radius 1 is 1.44 bits per heavy atom. The van der Waals surface area contributed by atoms with Gasteiger partial charge in [0.25, 0.3) is 0 Å². The van der Waals surface area contributed by atoms with Crippen molar-refractivity contribution in [1.29, 1.82) is 0 Å². The molecule has 1 saturated heterocycles. The largest absolute Gasteiger partial charge is 0.353 e. The fourth-order valence-corrected chi connectivity index (χ4v) is 2.10. The van der Waals surface area contributed by atoms with E-state index >= 15 is 0 Å². The van der Waals surface area contributed by atoms with Crippen LogP contribution in [0.2, 0.25) is 0 Å². The first-order valence-electron chi connectivity index (χ1n) is 6.25. The van der Waals surface area contributed by atoms with Crippen molar-refractivity contribution in [3.8, 4) is 0 Å². The molecule has 1 fully saturated rings. The minimum absolute atomic E-state index is 0. The number of rotatable bonds is 5. The highest BCUT2D eigenvalue weighted by atomic mass is 35.5. The summed E-state index contributed by atoms with van der Waals surface area (Å²) in [6.45, 7) is 5.36. The molecule has 2 atom stereocenters. The van der Waals surface area contributed by atoms with E-state index in [0.717, 1.165) is 32.2 Å². The van der Waals surface area contributed by atoms with Crippen molar-refractivity contribution in [3.05, 3.63) is 0 Å². The van der Waals surface area contributed by atoms with Gasteiger partial charge in [-0.25, -0.2) is 0 Å². The Balaban J connectivity index is 0.00000225. The molecule has 0 aliphatic carbocycles. The van der Waals surface area contributed by atoms with Gasteiger partial charge in [0, 0.05) is 18.5 Å². The van der Waals surface area contributed by atoms with Crippen molar-refractivity contribution >= 4 is 18.3 Å². The van der Waals surface area contributed by atoms with E-state index in [-0.39, 0.29) is 18.3 Å². The molecule has 0 radical (unpaired) electrons. The molecule has 1 aliphatic heterocycles. The molecule has 1 amide bonds. The number of nitrogens with one attached hydrogen (secondary N) is 2. The van der Waals surface area contributed by atoms with E-state index in [4.69, 9.17) is 0 Å². The molecule has 0 aromatic carbocycles. The van der Waals surface area contributed by atoms with Gasteiger partial charge in [-0.3, -0.25) is 4.79 Å². The molecule has 2 unspecified atom stereocenters. The van der Waals surface area contributed by atoms with E-state index in [1.165, 1.54) is 6.42 Å². The van der Waals surface area contributed by atoms with E-state index < -0.39 is 0 Å². The van der Waals surface area contributed by atoms with Crippen molar-refractivity contribution in [2.24, 2.45) is 0 Å². The number of hydrogen-bond donors (Lipinski definition) is 2. The number of carbonyl (C=O) groups excluding carboxylic acids is 1. The highest BCUT2D eigenvalue weighted by molar-refractivity contribution is 5.85. The zero-order valence-corrected chi connectivity index (χ0v) is 11.2. The lowest BCUT2D eigenvalue weighted by atomic mass is 10.0. The second kappa shape index (κ2) is 8.82. The Kier molecular flexibility index (Phi) is 8.67. The number of amides is 1. The lowest BCUT2D eigenvalue weighted by molar-refractivity contribution is -0.122. The van der Waals surface area contributed by atoms with Crippen LogP contribution in [0.5, 0.6) is 0 Å². The number of carbonyl (C=O) groups is 1. The molecule has 0 aromatic heterocycles.